The Labute approximate surface area is 121 Å². The van der Waals surface area contributed by atoms with E-state index in [0.717, 1.165) is 38.8 Å². The van der Waals surface area contributed by atoms with Crippen LogP contribution in [0, 0.1) is 0 Å². The van der Waals surface area contributed by atoms with Gasteiger partial charge >= 0.3 is 0 Å². The average molecular weight is 275 g/mol. The quantitative estimate of drug-likeness (QED) is 0.744. The molecule has 0 fully saturated rings. The van der Waals surface area contributed by atoms with Gasteiger partial charge in [0.2, 0.25) is 5.91 Å². The minimum Gasteiger partial charge on any atom is -0.371 e. The molecular formula is C16H25N3O. The number of nitrogens with zero attached hydrogens (tertiary/aromatic N) is 1. The summed E-state index contributed by atoms with van der Waals surface area (Å²) in [6.07, 6.45) is 4.01. The van der Waals surface area contributed by atoms with Crippen molar-refractivity contribution in [1.29, 1.82) is 0 Å². The molecule has 20 heavy (non-hydrogen) atoms. The minimum absolute atomic E-state index is 0.272. The summed E-state index contributed by atoms with van der Waals surface area (Å²) in [5, 5.41) is 3.03. The highest BCUT2D eigenvalue weighted by atomic mass is 16.1. The molecule has 4 heteroatoms. The largest absolute Gasteiger partial charge is 0.371 e. The van der Waals surface area contributed by atoms with Gasteiger partial charge < -0.3 is 16.0 Å². The van der Waals surface area contributed by atoms with Crippen LogP contribution in [0.25, 0.3) is 0 Å². The molecule has 0 saturated carbocycles. The monoisotopic (exact) mass is 275 g/mol. The van der Waals surface area contributed by atoms with Gasteiger partial charge in [-0.2, -0.15) is 0 Å². The third-order valence-corrected chi connectivity index (χ3v) is 4.43. The Morgan fingerprint density at radius 3 is 2.85 bits per heavy atom. The van der Waals surface area contributed by atoms with Crippen LogP contribution in [0.2, 0.25) is 0 Å². The first-order valence-corrected chi connectivity index (χ1v) is 7.38. The van der Waals surface area contributed by atoms with Crippen LogP contribution < -0.4 is 16.0 Å². The van der Waals surface area contributed by atoms with E-state index in [1.165, 1.54) is 11.3 Å². The molecule has 2 rings (SSSR count). The predicted molar refractivity (Wildman–Crippen MR) is 82.9 cm³/mol. The molecule has 0 aliphatic carbocycles. The molecular weight excluding hydrogens is 250 g/mol. The smallest absolute Gasteiger partial charge is 0.237 e. The second kappa shape index (κ2) is 6.27. The number of anilines is 1. The van der Waals surface area contributed by atoms with Crippen molar-refractivity contribution in [2.24, 2.45) is 5.73 Å². The third kappa shape index (κ3) is 3.12. The van der Waals surface area contributed by atoms with Crippen LogP contribution in [0.1, 0.15) is 31.7 Å². The molecule has 4 nitrogen and oxygen atoms in total. The van der Waals surface area contributed by atoms with Crippen molar-refractivity contribution in [3.05, 3.63) is 29.8 Å². The van der Waals surface area contributed by atoms with Gasteiger partial charge in [0.05, 0.1) is 5.54 Å². The number of unbranched alkanes of at least 4 members (excludes halogenated alkanes) is 1. The molecule has 0 radical (unpaired) electrons. The number of rotatable bonds is 7. The first-order chi connectivity index (χ1) is 9.57. The summed E-state index contributed by atoms with van der Waals surface area (Å²) in [7, 11) is 1.79. The molecule has 3 N–H and O–H groups in total. The van der Waals surface area contributed by atoms with Crippen LogP contribution in [0.5, 0.6) is 0 Å². The lowest BCUT2D eigenvalue weighted by atomic mass is 9.94. The van der Waals surface area contributed by atoms with Crippen molar-refractivity contribution in [2.75, 3.05) is 25.0 Å². The fourth-order valence-corrected chi connectivity index (χ4v) is 2.79. The number of amides is 1. The number of hydrogen-bond donors (Lipinski definition) is 2. The van der Waals surface area contributed by atoms with Crippen molar-refractivity contribution in [2.45, 2.75) is 38.1 Å². The number of carbonyl (C=O) groups is 1. The molecule has 0 saturated heterocycles. The highest BCUT2D eigenvalue weighted by molar-refractivity contribution is 5.84. The van der Waals surface area contributed by atoms with Crippen molar-refractivity contribution in [1.82, 2.24) is 5.32 Å². The predicted octanol–water partition coefficient (Wildman–Crippen LogP) is 1.68. The van der Waals surface area contributed by atoms with Crippen LogP contribution >= 0.6 is 0 Å². The standard InChI is InChI=1S/C16H25N3O/c1-16(18-2,15(17)20)10-5-6-11-19-12-9-13-7-3-4-8-14(13)19/h3-4,7-8,18H,5-6,9-12H2,1-2H3,(H2,17,20). The molecule has 1 aromatic rings. The Morgan fingerprint density at radius 2 is 2.15 bits per heavy atom. The highest BCUT2D eigenvalue weighted by Gasteiger charge is 2.28. The Balaban J connectivity index is 1.79. The van der Waals surface area contributed by atoms with Gasteiger partial charge in [-0.3, -0.25) is 4.79 Å². The number of para-hydroxylation sites is 1. The second-order valence-corrected chi connectivity index (χ2v) is 5.77. The minimum atomic E-state index is -0.580. The Hall–Kier alpha value is -1.55. The first kappa shape index (κ1) is 14.9. The maximum Gasteiger partial charge on any atom is 0.237 e. The zero-order chi connectivity index (χ0) is 14.6. The van der Waals surface area contributed by atoms with Crippen LogP contribution in [0.3, 0.4) is 0 Å². The van der Waals surface area contributed by atoms with Gasteiger partial charge in [0.25, 0.3) is 0 Å². The summed E-state index contributed by atoms with van der Waals surface area (Å²) in [6.45, 7) is 4.04. The molecule has 1 heterocycles. The van der Waals surface area contributed by atoms with Gasteiger partial charge in [-0.05, 0) is 51.3 Å². The number of likely N-dealkylation sites (N-methyl/N-ethyl adjacent to an activating group) is 1. The van der Waals surface area contributed by atoms with E-state index < -0.39 is 5.54 Å². The van der Waals surface area contributed by atoms with Gasteiger partial charge in [0, 0.05) is 18.8 Å². The lowest BCUT2D eigenvalue weighted by molar-refractivity contribution is -0.123. The van der Waals surface area contributed by atoms with E-state index >= 15 is 0 Å². The number of nitrogens with two attached hydrogens (primary N) is 1. The summed E-state index contributed by atoms with van der Waals surface area (Å²) in [5.41, 5.74) is 7.68. The van der Waals surface area contributed by atoms with Crippen molar-refractivity contribution < 1.29 is 4.79 Å². The van der Waals surface area contributed by atoms with E-state index in [4.69, 9.17) is 5.73 Å². The van der Waals surface area contributed by atoms with Gasteiger partial charge in [0.1, 0.15) is 0 Å². The number of fused-ring (bicyclic) bond motifs is 1. The molecule has 1 aliphatic rings. The highest BCUT2D eigenvalue weighted by Crippen LogP contribution is 2.27. The zero-order valence-corrected chi connectivity index (χ0v) is 12.5. The Morgan fingerprint density at radius 1 is 1.40 bits per heavy atom. The maximum atomic E-state index is 11.4. The topological polar surface area (TPSA) is 58.4 Å². The summed E-state index contributed by atoms with van der Waals surface area (Å²) in [4.78, 5) is 13.9. The zero-order valence-electron chi connectivity index (χ0n) is 12.5. The molecule has 1 unspecified atom stereocenters. The lowest BCUT2D eigenvalue weighted by Gasteiger charge is -2.26. The van der Waals surface area contributed by atoms with E-state index in [9.17, 15) is 4.79 Å². The van der Waals surface area contributed by atoms with Crippen molar-refractivity contribution >= 4 is 11.6 Å². The maximum absolute atomic E-state index is 11.4. The first-order valence-electron chi connectivity index (χ1n) is 7.38. The molecule has 0 aromatic heterocycles. The van der Waals surface area contributed by atoms with E-state index in [-0.39, 0.29) is 5.91 Å². The van der Waals surface area contributed by atoms with Crippen LogP contribution in [0.4, 0.5) is 5.69 Å². The molecule has 1 aliphatic heterocycles. The Bertz CT molecular complexity index is 475. The SMILES string of the molecule is CNC(C)(CCCCN1CCc2ccccc21)C(N)=O. The summed E-state index contributed by atoms with van der Waals surface area (Å²) in [5.74, 6) is -0.272. The number of hydrogen-bond acceptors (Lipinski definition) is 3. The molecule has 1 atom stereocenters. The third-order valence-electron chi connectivity index (χ3n) is 4.43. The molecule has 1 aromatic carbocycles. The summed E-state index contributed by atoms with van der Waals surface area (Å²) < 4.78 is 0. The lowest BCUT2D eigenvalue weighted by Crippen LogP contribution is -2.51. The van der Waals surface area contributed by atoms with Gasteiger partial charge in [0.15, 0.2) is 0 Å². The molecule has 1 amide bonds. The van der Waals surface area contributed by atoms with Crippen LogP contribution in [-0.4, -0.2) is 31.6 Å². The van der Waals surface area contributed by atoms with Gasteiger partial charge in [-0.15, -0.1) is 0 Å². The second-order valence-electron chi connectivity index (χ2n) is 5.77. The fourth-order valence-electron chi connectivity index (χ4n) is 2.79. The van der Waals surface area contributed by atoms with E-state index in [1.54, 1.807) is 7.05 Å². The van der Waals surface area contributed by atoms with Gasteiger partial charge in [-0.1, -0.05) is 18.2 Å². The number of carbonyl (C=O) groups excluding carboxylic acids is 1. The van der Waals surface area contributed by atoms with E-state index in [0.29, 0.717) is 0 Å². The molecule has 0 bridgehead atoms. The van der Waals surface area contributed by atoms with E-state index in [2.05, 4.69) is 34.5 Å². The average Bonchev–Trinajstić information content (AvgIpc) is 2.86. The fraction of sp³-hybridized carbons (Fsp3) is 0.562. The number of benzene rings is 1. The van der Waals surface area contributed by atoms with Crippen molar-refractivity contribution in [3.63, 3.8) is 0 Å². The van der Waals surface area contributed by atoms with Crippen LogP contribution in [-0.2, 0) is 11.2 Å². The summed E-state index contributed by atoms with van der Waals surface area (Å²) in [6, 6.07) is 8.61. The Kier molecular flexibility index (Phi) is 4.65. The number of primary amides is 1. The van der Waals surface area contributed by atoms with Crippen LogP contribution in [0.15, 0.2) is 24.3 Å². The number of nitrogens with one attached hydrogen (secondary N) is 1. The molecule has 110 valence electrons. The van der Waals surface area contributed by atoms with Gasteiger partial charge in [-0.25, -0.2) is 0 Å². The summed E-state index contributed by atoms with van der Waals surface area (Å²) >= 11 is 0. The molecule has 0 spiro atoms. The van der Waals surface area contributed by atoms with Crippen molar-refractivity contribution in [3.8, 4) is 0 Å². The van der Waals surface area contributed by atoms with E-state index in [1.807, 2.05) is 6.92 Å². The normalized spacial score (nSPS) is 16.8.